The molecule has 0 spiro atoms. The van der Waals surface area contributed by atoms with Gasteiger partial charge in [0.05, 0.1) is 11.6 Å². The summed E-state index contributed by atoms with van der Waals surface area (Å²) < 4.78 is 0. The third-order valence-electron chi connectivity index (χ3n) is 4.32. The molecule has 29 heavy (non-hydrogen) atoms. The zero-order chi connectivity index (χ0) is 20.3. The zero-order valence-electron chi connectivity index (χ0n) is 15.9. The van der Waals surface area contributed by atoms with E-state index in [2.05, 4.69) is 97.1 Å². The molecule has 0 aliphatic carbocycles. The van der Waals surface area contributed by atoms with Gasteiger partial charge in [0, 0.05) is 5.88 Å². The van der Waals surface area contributed by atoms with Crippen LogP contribution in [0.3, 0.4) is 0 Å². The van der Waals surface area contributed by atoms with Crippen molar-refractivity contribution in [2.45, 2.75) is 5.88 Å². The van der Waals surface area contributed by atoms with Crippen LogP contribution in [-0.4, -0.2) is 0 Å². The molecular formula is C26H21ClNP. The highest BCUT2D eigenvalue weighted by atomic mass is 35.5. The second kappa shape index (κ2) is 11.2. The van der Waals surface area contributed by atoms with Gasteiger partial charge in [0.1, 0.15) is 0 Å². The van der Waals surface area contributed by atoms with E-state index in [9.17, 15) is 0 Å². The quantitative estimate of drug-likeness (QED) is 0.309. The highest BCUT2D eigenvalue weighted by molar-refractivity contribution is 7.79. The molecule has 0 aliphatic rings. The van der Waals surface area contributed by atoms with Crippen molar-refractivity contribution in [3.05, 3.63) is 126 Å². The van der Waals surface area contributed by atoms with Gasteiger partial charge in [-0.25, -0.2) is 0 Å². The van der Waals surface area contributed by atoms with Crippen molar-refractivity contribution in [3.8, 4) is 6.07 Å². The number of hydrogen-bond donors (Lipinski definition) is 0. The molecule has 0 fully saturated rings. The van der Waals surface area contributed by atoms with Crippen LogP contribution in [0.25, 0.3) is 0 Å². The van der Waals surface area contributed by atoms with Crippen LogP contribution in [0.15, 0.2) is 115 Å². The van der Waals surface area contributed by atoms with E-state index in [1.54, 1.807) is 6.07 Å². The largest absolute Gasteiger partial charge is 0.192 e. The standard InChI is InChI=1S/C18H15P.C8H6ClN/c1-4-10-16(11-5-1)19(17-12-6-2-7-13-17)18-14-8-3-9-15-18;9-5-7-3-1-2-4-8(7)6-10/h1-15H;1-4H,5H2. The van der Waals surface area contributed by atoms with Crippen molar-refractivity contribution < 1.29 is 0 Å². The number of nitrogens with zero attached hydrogens (tertiary/aromatic N) is 1. The van der Waals surface area contributed by atoms with Crippen LogP contribution in [0.1, 0.15) is 11.1 Å². The molecule has 4 rings (SSSR count). The van der Waals surface area contributed by atoms with Crippen LogP contribution in [0, 0.1) is 11.3 Å². The Hall–Kier alpha value is -2.91. The van der Waals surface area contributed by atoms with E-state index in [0.717, 1.165) is 5.56 Å². The number of rotatable bonds is 4. The van der Waals surface area contributed by atoms with Gasteiger partial charge >= 0.3 is 0 Å². The number of hydrogen-bond acceptors (Lipinski definition) is 1. The van der Waals surface area contributed by atoms with Crippen LogP contribution in [0.2, 0.25) is 0 Å². The topological polar surface area (TPSA) is 23.8 Å². The van der Waals surface area contributed by atoms with Gasteiger partial charge in [-0.05, 0) is 35.5 Å². The summed E-state index contributed by atoms with van der Waals surface area (Å²) in [6.07, 6.45) is 0. The highest BCUT2D eigenvalue weighted by Gasteiger charge is 2.14. The Labute approximate surface area is 179 Å². The summed E-state index contributed by atoms with van der Waals surface area (Å²) in [7, 11) is -0.446. The normalized spacial score (nSPS) is 9.97. The lowest BCUT2D eigenvalue weighted by Crippen LogP contribution is -2.20. The third kappa shape index (κ3) is 5.78. The fourth-order valence-corrected chi connectivity index (χ4v) is 5.46. The Morgan fingerprint density at radius 3 is 1.31 bits per heavy atom. The predicted molar refractivity (Wildman–Crippen MR) is 126 cm³/mol. The zero-order valence-corrected chi connectivity index (χ0v) is 17.6. The molecule has 0 aromatic heterocycles. The molecule has 0 bridgehead atoms. The maximum atomic E-state index is 8.54. The van der Waals surface area contributed by atoms with E-state index in [0.29, 0.717) is 11.4 Å². The summed E-state index contributed by atoms with van der Waals surface area (Å²) in [5, 5.41) is 12.7. The summed E-state index contributed by atoms with van der Waals surface area (Å²) in [6, 6.07) is 41.7. The first-order chi connectivity index (χ1) is 14.3. The lowest BCUT2D eigenvalue weighted by molar-refractivity contribution is 1.35. The van der Waals surface area contributed by atoms with Gasteiger partial charge in [0.15, 0.2) is 0 Å². The van der Waals surface area contributed by atoms with Gasteiger partial charge in [-0.2, -0.15) is 5.26 Å². The number of halogens is 1. The SMILES string of the molecule is N#Cc1ccccc1CCl.c1ccc(P(c2ccccc2)c2ccccc2)cc1. The van der Waals surface area contributed by atoms with Gasteiger partial charge in [-0.1, -0.05) is 109 Å². The number of nitriles is 1. The molecule has 3 heteroatoms. The van der Waals surface area contributed by atoms with E-state index < -0.39 is 7.92 Å². The first-order valence-corrected chi connectivity index (χ1v) is 11.2. The maximum absolute atomic E-state index is 8.54. The van der Waals surface area contributed by atoms with Crippen LogP contribution in [0.4, 0.5) is 0 Å². The van der Waals surface area contributed by atoms with Crippen LogP contribution in [-0.2, 0) is 5.88 Å². The van der Waals surface area contributed by atoms with Gasteiger partial charge in [-0.3, -0.25) is 0 Å². The smallest absolute Gasteiger partial charge is 0.0994 e. The van der Waals surface area contributed by atoms with Crippen molar-refractivity contribution in [1.82, 2.24) is 0 Å². The van der Waals surface area contributed by atoms with Crippen molar-refractivity contribution in [2.75, 3.05) is 0 Å². The second-order valence-electron chi connectivity index (χ2n) is 6.24. The van der Waals surface area contributed by atoms with Crippen molar-refractivity contribution in [2.24, 2.45) is 0 Å². The highest BCUT2D eigenvalue weighted by Crippen LogP contribution is 2.32. The molecule has 0 N–H and O–H groups in total. The average Bonchev–Trinajstić information content (AvgIpc) is 2.82. The summed E-state index contributed by atoms with van der Waals surface area (Å²) in [5.74, 6) is 0.406. The number of benzene rings is 4. The predicted octanol–water partition coefficient (Wildman–Crippen LogP) is 5.74. The second-order valence-corrected chi connectivity index (χ2v) is 8.73. The minimum Gasteiger partial charge on any atom is -0.192 e. The molecule has 0 atom stereocenters. The Morgan fingerprint density at radius 2 is 0.966 bits per heavy atom. The fraction of sp³-hybridized carbons (Fsp3) is 0.0385. The Balaban J connectivity index is 0.000000204. The summed E-state index contributed by atoms with van der Waals surface area (Å²) >= 11 is 5.56. The van der Waals surface area contributed by atoms with Crippen molar-refractivity contribution in [1.29, 1.82) is 5.26 Å². The van der Waals surface area contributed by atoms with Gasteiger partial charge in [-0.15, -0.1) is 11.6 Å². The Kier molecular flexibility index (Phi) is 8.02. The molecule has 0 saturated carbocycles. The van der Waals surface area contributed by atoms with Crippen LogP contribution < -0.4 is 15.9 Å². The molecule has 142 valence electrons. The Bertz CT molecular complexity index is 950. The van der Waals surface area contributed by atoms with E-state index in [1.807, 2.05) is 18.2 Å². The van der Waals surface area contributed by atoms with E-state index in [-0.39, 0.29) is 0 Å². The van der Waals surface area contributed by atoms with E-state index in [1.165, 1.54) is 15.9 Å². The van der Waals surface area contributed by atoms with E-state index >= 15 is 0 Å². The molecule has 0 unspecified atom stereocenters. The number of alkyl halides is 1. The fourth-order valence-electron chi connectivity index (χ4n) is 2.92. The molecule has 0 radical (unpaired) electrons. The van der Waals surface area contributed by atoms with Crippen LogP contribution in [0.5, 0.6) is 0 Å². The maximum Gasteiger partial charge on any atom is 0.0994 e. The minimum absolute atomic E-state index is 0.406. The molecule has 0 aliphatic heterocycles. The molecule has 4 aromatic carbocycles. The average molecular weight is 414 g/mol. The summed E-state index contributed by atoms with van der Waals surface area (Å²) in [5.41, 5.74) is 1.56. The van der Waals surface area contributed by atoms with E-state index in [4.69, 9.17) is 16.9 Å². The van der Waals surface area contributed by atoms with Crippen molar-refractivity contribution >= 4 is 35.4 Å². The molecule has 4 aromatic rings. The third-order valence-corrected chi connectivity index (χ3v) is 7.06. The first-order valence-electron chi connectivity index (χ1n) is 9.32. The van der Waals surface area contributed by atoms with Gasteiger partial charge in [0.25, 0.3) is 0 Å². The molecule has 1 nitrogen and oxygen atoms in total. The molecule has 0 amide bonds. The lowest BCUT2D eigenvalue weighted by Gasteiger charge is -2.18. The summed E-state index contributed by atoms with van der Waals surface area (Å²) in [4.78, 5) is 0. The van der Waals surface area contributed by atoms with Gasteiger partial charge in [0.2, 0.25) is 0 Å². The van der Waals surface area contributed by atoms with Crippen LogP contribution >= 0.6 is 19.5 Å². The first kappa shape index (κ1) is 20.8. The van der Waals surface area contributed by atoms with Crippen molar-refractivity contribution in [3.63, 3.8) is 0 Å². The minimum atomic E-state index is -0.446. The van der Waals surface area contributed by atoms with Gasteiger partial charge < -0.3 is 0 Å². The Morgan fingerprint density at radius 1 is 0.586 bits per heavy atom. The monoisotopic (exact) mass is 413 g/mol. The molecular weight excluding hydrogens is 393 g/mol. The summed E-state index contributed by atoms with van der Waals surface area (Å²) in [6.45, 7) is 0. The molecule has 0 saturated heterocycles. The molecule has 0 heterocycles. The lowest BCUT2D eigenvalue weighted by atomic mass is 10.1.